The van der Waals surface area contributed by atoms with Gasteiger partial charge in [0.1, 0.15) is 0 Å². The van der Waals surface area contributed by atoms with E-state index in [0.717, 1.165) is 11.3 Å². The van der Waals surface area contributed by atoms with Gasteiger partial charge in [-0.2, -0.15) is 0 Å². The molecule has 0 aliphatic carbocycles. The minimum absolute atomic E-state index is 0.309. The van der Waals surface area contributed by atoms with Crippen LogP contribution in [0, 0.1) is 0 Å². The zero-order chi connectivity index (χ0) is 11.1. The van der Waals surface area contributed by atoms with Gasteiger partial charge in [0.2, 0.25) is 0 Å². The molecule has 0 aliphatic heterocycles. The van der Waals surface area contributed by atoms with Crippen LogP contribution in [0.5, 0.6) is 0 Å². The van der Waals surface area contributed by atoms with Gasteiger partial charge in [0, 0.05) is 13.1 Å². The van der Waals surface area contributed by atoms with Crippen molar-refractivity contribution in [2.45, 2.75) is 20.8 Å². The summed E-state index contributed by atoms with van der Waals surface area (Å²) in [5.74, 6) is 0.840. The minimum atomic E-state index is -0.309. The van der Waals surface area contributed by atoms with E-state index >= 15 is 0 Å². The lowest BCUT2D eigenvalue weighted by atomic mass is 10.2. The molecule has 0 unspecified atom stereocenters. The summed E-state index contributed by atoms with van der Waals surface area (Å²) in [6.07, 6.45) is -0.309. The van der Waals surface area contributed by atoms with Gasteiger partial charge in [-0.15, -0.1) is 0 Å². The molecule has 0 rings (SSSR count). The lowest BCUT2D eigenvalue weighted by molar-refractivity contribution is 0.128. The van der Waals surface area contributed by atoms with Crippen LogP contribution in [0.3, 0.4) is 0 Å². The summed E-state index contributed by atoms with van der Waals surface area (Å²) in [6, 6.07) is 0. The summed E-state index contributed by atoms with van der Waals surface area (Å²) in [6.45, 7) is 6.89. The van der Waals surface area contributed by atoms with E-state index in [4.69, 9.17) is 4.74 Å². The summed E-state index contributed by atoms with van der Waals surface area (Å²) in [4.78, 5) is 12.8. The van der Waals surface area contributed by atoms with Gasteiger partial charge in [-0.25, -0.2) is 4.79 Å². The standard InChI is InChI=1S/C10H19NO3/c1-6-11(10(12)14-5)7-8(2)9(3)13-4/h6-7H2,1-5H3/b9-8+. The molecule has 14 heavy (non-hydrogen) atoms. The molecule has 0 aliphatic rings. The highest BCUT2D eigenvalue weighted by Crippen LogP contribution is 2.06. The third kappa shape index (κ3) is 3.68. The first kappa shape index (κ1) is 12.8. The Morgan fingerprint density at radius 2 is 1.79 bits per heavy atom. The number of hydrogen-bond donors (Lipinski definition) is 0. The fourth-order valence-corrected chi connectivity index (χ4v) is 1.01. The fraction of sp³-hybridized carbons (Fsp3) is 0.700. The van der Waals surface area contributed by atoms with Crippen LogP contribution < -0.4 is 0 Å². The lowest BCUT2D eigenvalue weighted by Crippen LogP contribution is -2.32. The molecule has 1 amide bonds. The second-order valence-corrected chi connectivity index (χ2v) is 3.02. The molecule has 0 saturated heterocycles. The van der Waals surface area contributed by atoms with Crippen LogP contribution >= 0.6 is 0 Å². The monoisotopic (exact) mass is 201 g/mol. The first-order chi connectivity index (χ1) is 6.56. The van der Waals surface area contributed by atoms with Gasteiger partial charge >= 0.3 is 6.09 Å². The summed E-state index contributed by atoms with van der Waals surface area (Å²) in [5, 5.41) is 0. The third-order valence-electron chi connectivity index (χ3n) is 2.15. The Hall–Kier alpha value is -1.19. The number of carbonyl (C=O) groups is 1. The van der Waals surface area contributed by atoms with E-state index in [0.29, 0.717) is 13.1 Å². The number of rotatable bonds is 4. The van der Waals surface area contributed by atoms with E-state index in [1.807, 2.05) is 20.8 Å². The number of likely N-dealkylation sites (N-methyl/N-ethyl adjacent to an activating group) is 1. The number of allylic oxidation sites excluding steroid dienone is 1. The normalized spacial score (nSPS) is 11.8. The van der Waals surface area contributed by atoms with Crippen LogP contribution in [-0.2, 0) is 9.47 Å². The number of ether oxygens (including phenoxy) is 2. The van der Waals surface area contributed by atoms with Gasteiger partial charge in [-0.3, -0.25) is 0 Å². The molecule has 0 bridgehead atoms. The molecule has 4 nitrogen and oxygen atoms in total. The molecule has 0 radical (unpaired) electrons. The molecule has 4 heteroatoms. The van der Waals surface area contributed by atoms with Crippen LogP contribution in [0.2, 0.25) is 0 Å². The largest absolute Gasteiger partial charge is 0.501 e. The van der Waals surface area contributed by atoms with E-state index in [1.54, 1.807) is 12.0 Å². The lowest BCUT2D eigenvalue weighted by Gasteiger charge is -2.20. The van der Waals surface area contributed by atoms with E-state index in [9.17, 15) is 4.79 Å². The van der Waals surface area contributed by atoms with Gasteiger partial charge < -0.3 is 14.4 Å². The topological polar surface area (TPSA) is 38.8 Å². The zero-order valence-electron chi connectivity index (χ0n) is 9.59. The van der Waals surface area contributed by atoms with Crippen molar-refractivity contribution >= 4 is 6.09 Å². The Balaban J connectivity index is 4.39. The minimum Gasteiger partial charge on any atom is -0.501 e. The summed E-state index contributed by atoms with van der Waals surface area (Å²) >= 11 is 0. The first-order valence-electron chi connectivity index (χ1n) is 4.60. The van der Waals surface area contributed by atoms with Gasteiger partial charge in [-0.05, 0) is 26.3 Å². The fourth-order valence-electron chi connectivity index (χ4n) is 1.01. The van der Waals surface area contributed by atoms with E-state index in [2.05, 4.69) is 4.74 Å². The van der Waals surface area contributed by atoms with Gasteiger partial charge in [0.15, 0.2) is 0 Å². The van der Waals surface area contributed by atoms with E-state index in [-0.39, 0.29) is 6.09 Å². The zero-order valence-corrected chi connectivity index (χ0v) is 9.59. The molecule has 0 saturated carbocycles. The molecule has 0 spiro atoms. The molecule has 0 aromatic rings. The SMILES string of the molecule is CCN(C/C(C)=C(\C)OC)C(=O)OC. The molecule has 82 valence electrons. The van der Waals surface area contributed by atoms with E-state index in [1.165, 1.54) is 7.11 Å². The molecular formula is C10H19NO3. The van der Waals surface area contributed by atoms with Crippen molar-refractivity contribution < 1.29 is 14.3 Å². The number of methoxy groups -OCH3 is 2. The van der Waals surface area contributed by atoms with Crippen molar-refractivity contribution in [3.8, 4) is 0 Å². The average Bonchev–Trinajstić information content (AvgIpc) is 2.22. The number of nitrogens with zero attached hydrogens (tertiary/aromatic N) is 1. The summed E-state index contributed by atoms with van der Waals surface area (Å²) < 4.78 is 9.71. The van der Waals surface area contributed by atoms with Gasteiger partial charge in [0.05, 0.1) is 20.0 Å². The van der Waals surface area contributed by atoms with Crippen molar-refractivity contribution in [3.05, 3.63) is 11.3 Å². The van der Waals surface area contributed by atoms with Crippen molar-refractivity contribution in [3.63, 3.8) is 0 Å². The van der Waals surface area contributed by atoms with Crippen LogP contribution in [0.15, 0.2) is 11.3 Å². The molecule has 0 fully saturated rings. The Kier molecular flexibility index (Phi) is 5.76. The van der Waals surface area contributed by atoms with Crippen LogP contribution in [-0.4, -0.2) is 38.3 Å². The van der Waals surface area contributed by atoms with Crippen molar-refractivity contribution in [2.24, 2.45) is 0 Å². The van der Waals surface area contributed by atoms with Crippen molar-refractivity contribution in [1.82, 2.24) is 4.90 Å². The van der Waals surface area contributed by atoms with Crippen molar-refractivity contribution in [2.75, 3.05) is 27.3 Å². The predicted octanol–water partition coefficient (Wildman–Crippen LogP) is 2.02. The quantitative estimate of drug-likeness (QED) is 0.653. The Bertz CT molecular complexity index is 223. The maximum absolute atomic E-state index is 11.2. The number of hydrogen-bond acceptors (Lipinski definition) is 3. The molecule has 0 aromatic heterocycles. The van der Waals surface area contributed by atoms with E-state index < -0.39 is 0 Å². The summed E-state index contributed by atoms with van der Waals surface area (Å²) in [5.41, 5.74) is 1.03. The Labute approximate surface area is 85.5 Å². The van der Waals surface area contributed by atoms with Gasteiger partial charge in [0.25, 0.3) is 0 Å². The van der Waals surface area contributed by atoms with Crippen LogP contribution in [0.25, 0.3) is 0 Å². The summed E-state index contributed by atoms with van der Waals surface area (Å²) in [7, 11) is 3.00. The first-order valence-corrected chi connectivity index (χ1v) is 4.60. The Morgan fingerprint density at radius 3 is 2.14 bits per heavy atom. The van der Waals surface area contributed by atoms with Gasteiger partial charge in [-0.1, -0.05) is 0 Å². The Morgan fingerprint density at radius 1 is 1.21 bits per heavy atom. The average molecular weight is 201 g/mol. The number of amides is 1. The second-order valence-electron chi connectivity index (χ2n) is 3.02. The molecule has 0 aromatic carbocycles. The highest BCUT2D eigenvalue weighted by molar-refractivity contribution is 5.67. The number of carbonyl (C=O) groups excluding carboxylic acids is 1. The smallest absolute Gasteiger partial charge is 0.409 e. The third-order valence-corrected chi connectivity index (χ3v) is 2.15. The molecule has 0 heterocycles. The molecule has 0 N–H and O–H groups in total. The van der Waals surface area contributed by atoms with Crippen LogP contribution in [0.4, 0.5) is 4.79 Å². The highest BCUT2D eigenvalue weighted by atomic mass is 16.5. The van der Waals surface area contributed by atoms with Crippen molar-refractivity contribution in [1.29, 1.82) is 0 Å². The molecular weight excluding hydrogens is 182 g/mol. The molecule has 0 atom stereocenters. The second kappa shape index (κ2) is 6.29. The highest BCUT2D eigenvalue weighted by Gasteiger charge is 2.12. The predicted molar refractivity (Wildman–Crippen MR) is 55.0 cm³/mol. The maximum atomic E-state index is 11.2. The van der Waals surface area contributed by atoms with Crippen LogP contribution in [0.1, 0.15) is 20.8 Å². The maximum Gasteiger partial charge on any atom is 0.409 e.